The van der Waals surface area contributed by atoms with Crippen LogP contribution in [0.15, 0.2) is 24.3 Å². The Kier molecular flexibility index (Phi) is 3.50. The summed E-state index contributed by atoms with van der Waals surface area (Å²) < 4.78 is 26.0. The fourth-order valence-electron chi connectivity index (χ4n) is 1.68. The first kappa shape index (κ1) is 13.1. The summed E-state index contributed by atoms with van der Waals surface area (Å²) in [4.78, 5) is 18.7. The number of aliphatic carboxylic acids is 1. The van der Waals surface area contributed by atoms with Crippen LogP contribution in [0.1, 0.15) is 11.5 Å². The van der Waals surface area contributed by atoms with Crippen LogP contribution < -0.4 is 0 Å². The molecule has 0 aliphatic rings. The largest absolute Gasteiger partial charge is 0.481 e. The number of aryl methyl sites for hydroxylation is 1. The zero-order valence-corrected chi connectivity index (χ0v) is 10.0. The van der Waals surface area contributed by atoms with Gasteiger partial charge in [-0.25, -0.2) is 18.7 Å². The highest BCUT2D eigenvalue weighted by Crippen LogP contribution is 2.20. The van der Waals surface area contributed by atoms with E-state index in [0.29, 0.717) is 22.8 Å². The molecule has 6 heteroatoms. The molecular weight excluding hydrogens is 254 g/mol. The van der Waals surface area contributed by atoms with E-state index in [1.54, 1.807) is 6.92 Å². The van der Waals surface area contributed by atoms with E-state index in [-0.39, 0.29) is 6.42 Å². The van der Waals surface area contributed by atoms with Crippen molar-refractivity contribution in [2.45, 2.75) is 13.3 Å². The molecule has 0 unspecified atom stereocenters. The van der Waals surface area contributed by atoms with E-state index in [0.717, 1.165) is 12.1 Å². The fourth-order valence-corrected chi connectivity index (χ4v) is 1.68. The van der Waals surface area contributed by atoms with Crippen molar-refractivity contribution in [2.24, 2.45) is 0 Å². The molecule has 0 fully saturated rings. The third kappa shape index (κ3) is 3.09. The molecule has 0 saturated heterocycles. The third-order valence-electron chi connectivity index (χ3n) is 2.44. The number of halogens is 2. The summed E-state index contributed by atoms with van der Waals surface area (Å²) >= 11 is 0. The number of benzene rings is 1. The number of nitrogens with zero attached hydrogens (tertiary/aromatic N) is 2. The van der Waals surface area contributed by atoms with Crippen LogP contribution in [0, 0.1) is 18.6 Å². The van der Waals surface area contributed by atoms with Gasteiger partial charge in [-0.1, -0.05) is 0 Å². The van der Waals surface area contributed by atoms with Crippen LogP contribution in [-0.4, -0.2) is 21.0 Å². The second kappa shape index (κ2) is 5.09. The molecule has 0 aliphatic heterocycles. The predicted molar refractivity (Wildman–Crippen MR) is 63.5 cm³/mol. The molecule has 4 nitrogen and oxygen atoms in total. The normalized spacial score (nSPS) is 10.5. The average Bonchev–Trinajstić information content (AvgIpc) is 2.31. The van der Waals surface area contributed by atoms with E-state index in [1.165, 1.54) is 12.1 Å². The summed E-state index contributed by atoms with van der Waals surface area (Å²) in [5, 5.41) is 8.73. The molecule has 0 bridgehead atoms. The Morgan fingerprint density at radius 2 is 1.95 bits per heavy atom. The third-order valence-corrected chi connectivity index (χ3v) is 2.44. The van der Waals surface area contributed by atoms with Gasteiger partial charge in [0.25, 0.3) is 0 Å². The maximum atomic E-state index is 13.2. The van der Waals surface area contributed by atoms with Gasteiger partial charge in [-0.05, 0) is 31.2 Å². The molecule has 98 valence electrons. The van der Waals surface area contributed by atoms with E-state index in [9.17, 15) is 13.6 Å². The lowest BCUT2D eigenvalue weighted by Gasteiger charge is -2.05. The molecular formula is C13H10F2N2O2. The number of carboxylic acid groups (broad SMARTS) is 1. The highest BCUT2D eigenvalue weighted by molar-refractivity contribution is 5.70. The number of aromatic nitrogens is 2. The topological polar surface area (TPSA) is 63.1 Å². The lowest BCUT2D eigenvalue weighted by Crippen LogP contribution is -2.05. The number of rotatable bonds is 3. The smallest absolute Gasteiger partial charge is 0.309 e. The van der Waals surface area contributed by atoms with Gasteiger partial charge in [0.2, 0.25) is 0 Å². The Labute approximate surface area is 107 Å². The minimum Gasteiger partial charge on any atom is -0.481 e. The summed E-state index contributed by atoms with van der Waals surface area (Å²) in [6.07, 6.45) is -0.250. The van der Waals surface area contributed by atoms with E-state index in [2.05, 4.69) is 9.97 Å². The van der Waals surface area contributed by atoms with Gasteiger partial charge in [-0.2, -0.15) is 0 Å². The molecule has 19 heavy (non-hydrogen) atoms. The van der Waals surface area contributed by atoms with Gasteiger partial charge in [0.15, 0.2) is 11.6 Å². The van der Waals surface area contributed by atoms with Crippen molar-refractivity contribution >= 4 is 5.97 Å². The molecule has 0 amide bonds. The molecule has 2 rings (SSSR count). The standard InChI is InChI=1S/C13H10F2N2O2/c1-7-16-9(6-13(18)19)5-12(17-7)8-2-3-10(14)11(15)4-8/h2-5H,6H2,1H3,(H,18,19). The van der Waals surface area contributed by atoms with Crippen LogP contribution >= 0.6 is 0 Å². The van der Waals surface area contributed by atoms with Crippen molar-refractivity contribution in [1.29, 1.82) is 0 Å². The van der Waals surface area contributed by atoms with Gasteiger partial charge in [-0.15, -0.1) is 0 Å². The highest BCUT2D eigenvalue weighted by Gasteiger charge is 2.10. The van der Waals surface area contributed by atoms with Gasteiger partial charge in [-0.3, -0.25) is 4.79 Å². The predicted octanol–water partition coefficient (Wildman–Crippen LogP) is 2.36. The first-order valence-electron chi connectivity index (χ1n) is 5.47. The molecule has 1 heterocycles. The average molecular weight is 264 g/mol. The minimum absolute atomic E-state index is 0.250. The van der Waals surface area contributed by atoms with Gasteiger partial charge in [0.05, 0.1) is 17.8 Å². The monoisotopic (exact) mass is 264 g/mol. The Morgan fingerprint density at radius 3 is 2.58 bits per heavy atom. The zero-order chi connectivity index (χ0) is 14.0. The van der Waals surface area contributed by atoms with Crippen LogP contribution in [-0.2, 0) is 11.2 Å². The summed E-state index contributed by atoms with van der Waals surface area (Å²) in [6.45, 7) is 1.61. The van der Waals surface area contributed by atoms with Crippen LogP contribution in [0.3, 0.4) is 0 Å². The lowest BCUT2D eigenvalue weighted by molar-refractivity contribution is -0.136. The second-order valence-corrected chi connectivity index (χ2v) is 3.99. The maximum Gasteiger partial charge on any atom is 0.309 e. The van der Waals surface area contributed by atoms with Gasteiger partial charge >= 0.3 is 5.97 Å². The van der Waals surface area contributed by atoms with Crippen LogP contribution in [0.4, 0.5) is 8.78 Å². The molecule has 1 aromatic carbocycles. The molecule has 1 N–H and O–H groups in total. The number of hydrogen-bond acceptors (Lipinski definition) is 3. The number of carboxylic acids is 1. The molecule has 0 atom stereocenters. The van der Waals surface area contributed by atoms with Crippen LogP contribution in [0.2, 0.25) is 0 Å². The number of carbonyl (C=O) groups is 1. The molecule has 0 saturated carbocycles. The number of hydrogen-bond donors (Lipinski definition) is 1. The van der Waals surface area contributed by atoms with Crippen LogP contribution in [0.25, 0.3) is 11.3 Å². The SMILES string of the molecule is Cc1nc(CC(=O)O)cc(-c2ccc(F)c(F)c2)n1. The first-order valence-corrected chi connectivity index (χ1v) is 5.47. The maximum absolute atomic E-state index is 13.2. The molecule has 0 radical (unpaired) electrons. The Bertz CT molecular complexity index is 645. The van der Waals surface area contributed by atoms with Crippen molar-refractivity contribution in [2.75, 3.05) is 0 Å². The Morgan fingerprint density at radius 1 is 1.21 bits per heavy atom. The molecule has 2 aromatic rings. The second-order valence-electron chi connectivity index (χ2n) is 3.99. The van der Waals surface area contributed by atoms with Gasteiger partial charge in [0.1, 0.15) is 5.82 Å². The quantitative estimate of drug-likeness (QED) is 0.924. The summed E-state index contributed by atoms with van der Waals surface area (Å²) in [7, 11) is 0. The summed E-state index contributed by atoms with van der Waals surface area (Å²) in [5.74, 6) is -2.57. The Hall–Kier alpha value is -2.37. The molecule has 1 aromatic heterocycles. The summed E-state index contributed by atoms with van der Waals surface area (Å²) in [5.41, 5.74) is 1.05. The van der Waals surface area contributed by atoms with Gasteiger partial charge in [0, 0.05) is 5.56 Å². The molecule has 0 aliphatic carbocycles. The van der Waals surface area contributed by atoms with Crippen molar-refractivity contribution < 1.29 is 18.7 Å². The van der Waals surface area contributed by atoms with Crippen molar-refractivity contribution in [3.63, 3.8) is 0 Å². The van der Waals surface area contributed by atoms with E-state index < -0.39 is 17.6 Å². The van der Waals surface area contributed by atoms with E-state index >= 15 is 0 Å². The van der Waals surface area contributed by atoms with Crippen molar-refractivity contribution in [3.05, 3.63) is 47.4 Å². The van der Waals surface area contributed by atoms with Crippen molar-refractivity contribution in [3.8, 4) is 11.3 Å². The lowest BCUT2D eigenvalue weighted by atomic mass is 10.1. The zero-order valence-electron chi connectivity index (χ0n) is 10.0. The molecule has 0 spiro atoms. The van der Waals surface area contributed by atoms with Crippen LogP contribution in [0.5, 0.6) is 0 Å². The fraction of sp³-hybridized carbons (Fsp3) is 0.154. The first-order chi connectivity index (χ1) is 8.95. The minimum atomic E-state index is -1.02. The Balaban J connectivity index is 2.46. The van der Waals surface area contributed by atoms with Gasteiger partial charge < -0.3 is 5.11 Å². The van der Waals surface area contributed by atoms with E-state index in [4.69, 9.17) is 5.11 Å². The highest BCUT2D eigenvalue weighted by atomic mass is 19.2. The summed E-state index contributed by atoms with van der Waals surface area (Å²) in [6, 6.07) is 4.85. The van der Waals surface area contributed by atoms with E-state index in [1.807, 2.05) is 0 Å². The van der Waals surface area contributed by atoms with Crippen molar-refractivity contribution in [1.82, 2.24) is 9.97 Å².